The second kappa shape index (κ2) is 4.33. The Morgan fingerprint density at radius 3 is 2.47 bits per heavy atom. The molecule has 0 N–H and O–H groups in total. The lowest BCUT2D eigenvalue weighted by Gasteiger charge is -2.09. The molecule has 0 aliphatic heterocycles. The molecule has 0 bridgehead atoms. The lowest BCUT2D eigenvalue weighted by Crippen LogP contribution is -2.06. The summed E-state index contributed by atoms with van der Waals surface area (Å²) in [6.45, 7) is -0.319. The van der Waals surface area contributed by atoms with Crippen molar-refractivity contribution < 1.29 is 22.7 Å². The molecule has 0 aliphatic carbocycles. The average molecular weight is 218 g/mol. The first kappa shape index (κ1) is 11.6. The van der Waals surface area contributed by atoms with Crippen LogP contribution in [0.4, 0.5) is 13.2 Å². The van der Waals surface area contributed by atoms with Gasteiger partial charge >= 0.3 is 6.61 Å². The van der Waals surface area contributed by atoms with E-state index in [0.717, 1.165) is 12.1 Å². The largest absolute Gasteiger partial charge is 0.432 e. The fraction of sp³-hybridized carbons (Fsp3) is 0.300. The fourth-order valence-corrected chi connectivity index (χ4v) is 1.22. The van der Waals surface area contributed by atoms with E-state index in [1.54, 1.807) is 0 Å². The van der Waals surface area contributed by atoms with Gasteiger partial charge in [-0.2, -0.15) is 8.78 Å². The van der Waals surface area contributed by atoms with Crippen LogP contribution in [0.5, 0.6) is 5.75 Å². The fourth-order valence-electron chi connectivity index (χ4n) is 1.22. The number of carbonyl (C=O) groups excluding carboxylic acids is 1. The van der Waals surface area contributed by atoms with Crippen LogP contribution in [0.15, 0.2) is 12.1 Å². The van der Waals surface area contributed by atoms with Crippen LogP contribution in [0.1, 0.15) is 22.8 Å². The zero-order chi connectivity index (χ0) is 11.6. The number of carbonyl (C=O) groups is 1. The smallest absolute Gasteiger partial charge is 0.387 e. The van der Waals surface area contributed by atoms with Gasteiger partial charge < -0.3 is 4.74 Å². The lowest BCUT2D eigenvalue weighted by molar-refractivity contribution is -0.0522. The summed E-state index contributed by atoms with van der Waals surface area (Å²) >= 11 is 0. The molecule has 1 aromatic carbocycles. The van der Waals surface area contributed by atoms with Crippen molar-refractivity contribution in [2.75, 3.05) is 0 Å². The van der Waals surface area contributed by atoms with Crippen LogP contribution < -0.4 is 4.74 Å². The third-order valence-corrected chi connectivity index (χ3v) is 1.87. The van der Waals surface area contributed by atoms with E-state index in [1.165, 1.54) is 13.8 Å². The predicted molar refractivity (Wildman–Crippen MR) is 47.8 cm³/mol. The Balaban J connectivity index is 3.17. The van der Waals surface area contributed by atoms with E-state index < -0.39 is 18.2 Å². The van der Waals surface area contributed by atoms with Gasteiger partial charge in [0.15, 0.2) is 17.3 Å². The lowest BCUT2D eigenvalue weighted by atomic mass is 10.1. The summed E-state index contributed by atoms with van der Waals surface area (Å²) in [5.41, 5.74) is 0.564. The van der Waals surface area contributed by atoms with Gasteiger partial charge in [-0.25, -0.2) is 4.39 Å². The molecule has 0 spiro atoms. The topological polar surface area (TPSA) is 26.3 Å². The van der Waals surface area contributed by atoms with E-state index in [-0.39, 0.29) is 11.3 Å². The van der Waals surface area contributed by atoms with Crippen molar-refractivity contribution in [2.24, 2.45) is 0 Å². The first-order valence-corrected chi connectivity index (χ1v) is 4.17. The van der Waals surface area contributed by atoms with Crippen molar-refractivity contribution in [1.82, 2.24) is 0 Å². The molecule has 0 amide bonds. The molecule has 0 saturated heterocycles. The van der Waals surface area contributed by atoms with Crippen LogP contribution in [0.25, 0.3) is 0 Å². The van der Waals surface area contributed by atoms with E-state index in [1.807, 2.05) is 0 Å². The Kier molecular flexibility index (Phi) is 3.34. The molecule has 0 saturated carbocycles. The van der Waals surface area contributed by atoms with E-state index in [2.05, 4.69) is 4.74 Å². The van der Waals surface area contributed by atoms with Gasteiger partial charge in [0.2, 0.25) is 0 Å². The van der Waals surface area contributed by atoms with E-state index in [0.29, 0.717) is 5.56 Å². The normalized spacial score (nSPS) is 10.5. The molecule has 1 aromatic rings. The number of Topliss-reactive ketones (excluding diaryl/α,β-unsaturated/α-hetero) is 1. The van der Waals surface area contributed by atoms with Crippen LogP contribution in [-0.2, 0) is 0 Å². The highest BCUT2D eigenvalue weighted by Gasteiger charge is 2.14. The van der Waals surface area contributed by atoms with Crippen molar-refractivity contribution in [1.29, 1.82) is 0 Å². The second-order valence-electron chi connectivity index (χ2n) is 3.03. The van der Waals surface area contributed by atoms with Crippen LogP contribution in [-0.4, -0.2) is 12.4 Å². The summed E-state index contributed by atoms with van der Waals surface area (Å²) in [5.74, 6) is -1.84. The minimum Gasteiger partial charge on any atom is -0.432 e. The number of halogens is 3. The molecule has 0 fully saturated rings. The van der Waals surface area contributed by atoms with Gasteiger partial charge in [0.25, 0.3) is 0 Å². The molecular weight excluding hydrogens is 209 g/mol. The molecule has 0 unspecified atom stereocenters. The molecule has 5 heteroatoms. The highest BCUT2D eigenvalue weighted by atomic mass is 19.3. The van der Waals surface area contributed by atoms with Crippen LogP contribution in [0.2, 0.25) is 0 Å². The zero-order valence-corrected chi connectivity index (χ0v) is 8.18. The number of ketones is 1. The monoisotopic (exact) mass is 218 g/mol. The molecule has 0 radical (unpaired) electrons. The number of aryl methyl sites for hydroxylation is 1. The minimum absolute atomic E-state index is 0.173. The third kappa shape index (κ3) is 2.71. The van der Waals surface area contributed by atoms with Gasteiger partial charge in [-0.3, -0.25) is 4.79 Å². The summed E-state index contributed by atoms with van der Waals surface area (Å²) in [5, 5.41) is 0. The molecule has 0 aromatic heterocycles. The molecule has 15 heavy (non-hydrogen) atoms. The summed E-state index contributed by atoms with van der Waals surface area (Å²) in [6, 6.07) is 1.98. The molecule has 1 rings (SSSR count). The number of hydrogen-bond acceptors (Lipinski definition) is 2. The predicted octanol–water partition coefficient (Wildman–Crippen LogP) is 2.94. The summed E-state index contributed by atoms with van der Waals surface area (Å²) in [6.07, 6.45) is 0. The minimum atomic E-state index is -3.11. The maximum Gasteiger partial charge on any atom is 0.387 e. The van der Waals surface area contributed by atoms with Gasteiger partial charge in [0.1, 0.15) is 0 Å². The maximum absolute atomic E-state index is 13.1. The van der Waals surface area contributed by atoms with Gasteiger partial charge in [0.05, 0.1) is 0 Å². The van der Waals surface area contributed by atoms with Crippen molar-refractivity contribution in [2.45, 2.75) is 20.5 Å². The van der Waals surface area contributed by atoms with Gasteiger partial charge in [-0.1, -0.05) is 0 Å². The Labute approximate surface area is 84.7 Å². The first-order valence-electron chi connectivity index (χ1n) is 4.17. The number of alkyl halides is 2. The number of rotatable bonds is 3. The molecule has 0 heterocycles. The van der Waals surface area contributed by atoms with Crippen LogP contribution in [0, 0.1) is 12.7 Å². The Hall–Kier alpha value is -1.52. The summed E-state index contributed by atoms with van der Waals surface area (Å²) < 4.78 is 40.7. The van der Waals surface area contributed by atoms with Gasteiger partial charge in [-0.05, 0) is 31.5 Å². The average Bonchev–Trinajstić information content (AvgIpc) is 2.08. The SMILES string of the molecule is CC(=O)c1cc(OC(F)F)c(F)cc1C. The number of benzene rings is 1. The standard InChI is InChI=1S/C10H9F3O2/c1-5-3-8(11)9(15-10(12)13)4-7(5)6(2)14/h3-4,10H,1-2H3. The van der Waals surface area contributed by atoms with Crippen molar-refractivity contribution >= 4 is 5.78 Å². The number of ether oxygens (including phenoxy) is 1. The molecule has 0 aliphatic rings. The van der Waals surface area contributed by atoms with E-state index in [9.17, 15) is 18.0 Å². The molecule has 82 valence electrons. The highest BCUT2D eigenvalue weighted by Crippen LogP contribution is 2.24. The van der Waals surface area contributed by atoms with Gasteiger partial charge in [0, 0.05) is 5.56 Å². The van der Waals surface area contributed by atoms with E-state index >= 15 is 0 Å². The quantitative estimate of drug-likeness (QED) is 0.729. The molecular formula is C10H9F3O2. The van der Waals surface area contributed by atoms with Crippen molar-refractivity contribution in [3.05, 3.63) is 29.1 Å². The number of hydrogen-bond donors (Lipinski definition) is 0. The van der Waals surface area contributed by atoms with Gasteiger partial charge in [-0.15, -0.1) is 0 Å². The van der Waals surface area contributed by atoms with E-state index in [4.69, 9.17) is 0 Å². The summed E-state index contributed by atoms with van der Waals surface area (Å²) in [7, 11) is 0. The highest BCUT2D eigenvalue weighted by molar-refractivity contribution is 5.95. The van der Waals surface area contributed by atoms with Crippen molar-refractivity contribution in [3.63, 3.8) is 0 Å². The Bertz CT molecular complexity index is 388. The Morgan fingerprint density at radius 2 is 2.00 bits per heavy atom. The zero-order valence-electron chi connectivity index (χ0n) is 8.18. The molecule has 2 nitrogen and oxygen atoms in total. The van der Waals surface area contributed by atoms with Crippen molar-refractivity contribution in [3.8, 4) is 5.75 Å². The van der Waals surface area contributed by atoms with Crippen LogP contribution in [0.3, 0.4) is 0 Å². The summed E-state index contributed by atoms with van der Waals surface area (Å²) in [4.78, 5) is 11.1. The third-order valence-electron chi connectivity index (χ3n) is 1.87. The maximum atomic E-state index is 13.1. The molecule has 0 atom stereocenters. The Morgan fingerprint density at radius 1 is 1.40 bits per heavy atom. The second-order valence-corrected chi connectivity index (χ2v) is 3.03. The first-order chi connectivity index (χ1) is 6.91. The van der Waals surface area contributed by atoms with Crippen LogP contribution >= 0.6 is 0 Å².